The number of ether oxygens (including phenoxy) is 1. The van der Waals surface area contributed by atoms with Crippen LogP contribution >= 0.6 is 0 Å². The van der Waals surface area contributed by atoms with E-state index in [0.29, 0.717) is 0 Å². The van der Waals surface area contributed by atoms with Crippen LogP contribution in [-0.2, 0) is 6.54 Å². The number of nitrogens with one attached hydrogen (secondary N) is 1. The van der Waals surface area contributed by atoms with Gasteiger partial charge in [-0.2, -0.15) is 5.10 Å². The fourth-order valence-electron chi connectivity index (χ4n) is 2.13. The molecule has 1 aromatic rings. The standard InChI is InChI=1S/C15H27N3O/c1-2-10-18-13-15(12-17-18)19-11-6-4-3-5-9-16-14-7-8-14/h12-14,16H,2-11H2,1H3. The van der Waals surface area contributed by atoms with Crippen molar-refractivity contribution in [3.63, 3.8) is 0 Å². The average molecular weight is 265 g/mol. The van der Waals surface area contributed by atoms with Crippen LogP contribution in [0.5, 0.6) is 5.75 Å². The Labute approximate surface area is 116 Å². The number of unbranched alkanes of at least 4 members (excludes halogenated alkanes) is 3. The molecule has 0 spiro atoms. The van der Waals surface area contributed by atoms with Crippen LogP contribution in [0.15, 0.2) is 12.4 Å². The molecule has 1 fully saturated rings. The van der Waals surface area contributed by atoms with Crippen molar-refractivity contribution in [2.24, 2.45) is 0 Å². The smallest absolute Gasteiger partial charge is 0.157 e. The molecule has 1 heterocycles. The van der Waals surface area contributed by atoms with Gasteiger partial charge in [-0.15, -0.1) is 0 Å². The van der Waals surface area contributed by atoms with Gasteiger partial charge in [0.25, 0.3) is 0 Å². The molecule has 1 aliphatic carbocycles. The maximum Gasteiger partial charge on any atom is 0.157 e. The minimum atomic E-state index is 0.813. The molecule has 0 aliphatic heterocycles. The van der Waals surface area contributed by atoms with Crippen LogP contribution < -0.4 is 10.1 Å². The van der Waals surface area contributed by atoms with E-state index in [4.69, 9.17) is 4.74 Å². The normalized spacial score (nSPS) is 14.8. The van der Waals surface area contributed by atoms with E-state index in [-0.39, 0.29) is 0 Å². The topological polar surface area (TPSA) is 39.1 Å². The zero-order valence-corrected chi connectivity index (χ0v) is 12.1. The van der Waals surface area contributed by atoms with E-state index in [9.17, 15) is 0 Å². The van der Waals surface area contributed by atoms with Gasteiger partial charge < -0.3 is 10.1 Å². The summed E-state index contributed by atoms with van der Waals surface area (Å²) in [5, 5.41) is 7.80. The lowest BCUT2D eigenvalue weighted by molar-refractivity contribution is 0.304. The lowest BCUT2D eigenvalue weighted by Gasteiger charge is -2.04. The summed E-state index contributed by atoms with van der Waals surface area (Å²) in [5.74, 6) is 0.906. The number of rotatable bonds is 11. The lowest BCUT2D eigenvalue weighted by atomic mass is 10.2. The lowest BCUT2D eigenvalue weighted by Crippen LogP contribution is -2.17. The van der Waals surface area contributed by atoms with E-state index in [1.54, 1.807) is 0 Å². The Morgan fingerprint density at radius 3 is 2.95 bits per heavy atom. The highest BCUT2D eigenvalue weighted by molar-refractivity contribution is 5.11. The molecule has 0 radical (unpaired) electrons. The Morgan fingerprint density at radius 2 is 2.16 bits per heavy atom. The summed E-state index contributed by atoms with van der Waals surface area (Å²) in [4.78, 5) is 0. The molecule has 2 rings (SSSR count). The van der Waals surface area contributed by atoms with Gasteiger partial charge >= 0.3 is 0 Å². The minimum absolute atomic E-state index is 0.813. The number of aromatic nitrogens is 2. The largest absolute Gasteiger partial charge is 0.490 e. The number of nitrogens with zero attached hydrogens (tertiary/aromatic N) is 2. The highest BCUT2D eigenvalue weighted by atomic mass is 16.5. The molecule has 19 heavy (non-hydrogen) atoms. The van der Waals surface area contributed by atoms with Gasteiger partial charge in [0.15, 0.2) is 5.75 Å². The fourth-order valence-corrected chi connectivity index (χ4v) is 2.13. The second-order valence-electron chi connectivity index (χ2n) is 5.43. The van der Waals surface area contributed by atoms with Gasteiger partial charge in [0.05, 0.1) is 19.0 Å². The van der Waals surface area contributed by atoms with Gasteiger partial charge in [-0.25, -0.2) is 0 Å². The van der Waals surface area contributed by atoms with E-state index in [1.165, 1.54) is 38.6 Å². The van der Waals surface area contributed by atoms with Gasteiger partial charge in [-0.1, -0.05) is 19.8 Å². The van der Waals surface area contributed by atoms with Gasteiger partial charge in [0.2, 0.25) is 0 Å². The van der Waals surface area contributed by atoms with Gasteiger partial charge in [0, 0.05) is 12.6 Å². The van der Waals surface area contributed by atoms with E-state index in [0.717, 1.165) is 37.8 Å². The second kappa shape index (κ2) is 8.20. The molecule has 0 amide bonds. The Balaban J connectivity index is 1.42. The number of hydrogen-bond donors (Lipinski definition) is 1. The molecule has 0 unspecified atom stereocenters. The first-order chi connectivity index (χ1) is 9.38. The molecule has 1 saturated carbocycles. The van der Waals surface area contributed by atoms with E-state index in [2.05, 4.69) is 17.3 Å². The van der Waals surface area contributed by atoms with Crippen molar-refractivity contribution in [1.82, 2.24) is 15.1 Å². The molecule has 1 aromatic heterocycles. The predicted molar refractivity (Wildman–Crippen MR) is 77.5 cm³/mol. The van der Waals surface area contributed by atoms with Crippen molar-refractivity contribution in [1.29, 1.82) is 0 Å². The van der Waals surface area contributed by atoms with Gasteiger partial charge in [-0.05, 0) is 38.6 Å². The van der Waals surface area contributed by atoms with Crippen LogP contribution in [0.3, 0.4) is 0 Å². The molecule has 1 N–H and O–H groups in total. The van der Waals surface area contributed by atoms with E-state index >= 15 is 0 Å². The number of aryl methyl sites for hydroxylation is 1. The molecule has 0 aromatic carbocycles. The van der Waals surface area contributed by atoms with Crippen LogP contribution in [-0.4, -0.2) is 29.0 Å². The summed E-state index contributed by atoms with van der Waals surface area (Å²) in [7, 11) is 0. The van der Waals surface area contributed by atoms with Gasteiger partial charge in [0.1, 0.15) is 0 Å². The monoisotopic (exact) mass is 265 g/mol. The zero-order valence-electron chi connectivity index (χ0n) is 12.1. The van der Waals surface area contributed by atoms with Gasteiger partial charge in [-0.3, -0.25) is 4.68 Å². The zero-order chi connectivity index (χ0) is 13.3. The predicted octanol–water partition coefficient (Wildman–Crippen LogP) is 2.98. The van der Waals surface area contributed by atoms with Crippen molar-refractivity contribution in [2.75, 3.05) is 13.2 Å². The molecule has 1 aliphatic rings. The van der Waals surface area contributed by atoms with Crippen LogP contribution in [0.4, 0.5) is 0 Å². The van der Waals surface area contributed by atoms with Crippen LogP contribution in [0.25, 0.3) is 0 Å². The summed E-state index contributed by atoms with van der Waals surface area (Å²) >= 11 is 0. The van der Waals surface area contributed by atoms with Crippen LogP contribution in [0.1, 0.15) is 51.9 Å². The quantitative estimate of drug-likeness (QED) is 0.625. The van der Waals surface area contributed by atoms with Crippen molar-refractivity contribution in [3.8, 4) is 5.75 Å². The van der Waals surface area contributed by atoms with Crippen molar-refractivity contribution in [2.45, 2.75) is 64.5 Å². The SMILES string of the molecule is CCCn1cc(OCCCCCCNC2CC2)cn1. The molecule has 0 atom stereocenters. The fraction of sp³-hybridized carbons (Fsp3) is 0.800. The molecule has 0 saturated heterocycles. The summed E-state index contributed by atoms with van der Waals surface area (Å²) in [6.45, 7) is 5.13. The minimum Gasteiger partial charge on any atom is -0.490 e. The maximum atomic E-state index is 5.69. The molecule has 108 valence electrons. The summed E-state index contributed by atoms with van der Waals surface area (Å²) in [6, 6.07) is 0.850. The van der Waals surface area contributed by atoms with Crippen molar-refractivity contribution >= 4 is 0 Å². The molecule has 4 heteroatoms. The third-order valence-electron chi connectivity index (χ3n) is 3.41. The molecular weight excluding hydrogens is 238 g/mol. The molecule has 0 bridgehead atoms. The first-order valence-electron chi connectivity index (χ1n) is 7.77. The summed E-state index contributed by atoms with van der Waals surface area (Å²) in [5.41, 5.74) is 0. The maximum absolute atomic E-state index is 5.69. The van der Waals surface area contributed by atoms with E-state index < -0.39 is 0 Å². The highest BCUT2D eigenvalue weighted by Gasteiger charge is 2.19. The Kier molecular flexibility index (Phi) is 6.21. The van der Waals surface area contributed by atoms with Crippen LogP contribution in [0, 0.1) is 0 Å². The third-order valence-corrected chi connectivity index (χ3v) is 3.41. The average Bonchev–Trinajstić information content (AvgIpc) is 3.13. The summed E-state index contributed by atoms with van der Waals surface area (Å²) < 4.78 is 7.63. The van der Waals surface area contributed by atoms with Crippen LogP contribution in [0.2, 0.25) is 0 Å². The van der Waals surface area contributed by atoms with E-state index in [1.807, 2.05) is 17.1 Å². The van der Waals surface area contributed by atoms with Crippen molar-refractivity contribution < 1.29 is 4.74 Å². The molecular formula is C15H27N3O. The third kappa shape index (κ3) is 6.10. The Morgan fingerprint density at radius 1 is 1.32 bits per heavy atom. The van der Waals surface area contributed by atoms with Crippen molar-refractivity contribution in [3.05, 3.63) is 12.4 Å². The highest BCUT2D eigenvalue weighted by Crippen LogP contribution is 2.18. The molecule has 4 nitrogen and oxygen atoms in total. The first kappa shape index (κ1) is 14.4. The first-order valence-corrected chi connectivity index (χ1v) is 7.77. The number of hydrogen-bond acceptors (Lipinski definition) is 3. The summed E-state index contributed by atoms with van der Waals surface area (Å²) in [6.07, 6.45) is 12.7. The second-order valence-corrected chi connectivity index (χ2v) is 5.43. The Bertz CT molecular complexity index is 347. The Hall–Kier alpha value is -1.03.